The largest absolute Gasteiger partial charge is 0.469 e. The Labute approximate surface area is 184 Å². The fourth-order valence-corrected chi connectivity index (χ4v) is 3.36. The molecule has 1 aromatic carbocycles. The van der Waals surface area contributed by atoms with Crippen molar-refractivity contribution in [3.63, 3.8) is 0 Å². The number of pyridine rings is 1. The van der Waals surface area contributed by atoms with Gasteiger partial charge in [0, 0.05) is 37.2 Å². The van der Waals surface area contributed by atoms with Gasteiger partial charge >= 0.3 is 0 Å². The predicted molar refractivity (Wildman–Crippen MR) is 114 cm³/mol. The Hall–Kier alpha value is -2.61. The molecule has 0 saturated carbocycles. The Morgan fingerprint density at radius 2 is 1.60 bits per heavy atom. The molecular formula is C21H20Cl2N4O3. The number of hydrogen-bond donors (Lipinski definition) is 0. The quantitative estimate of drug-likeness (QED) is 0.539. The van der Waals surface area contributed by atoms with Gasteiger partial charge in [-0.05, 0) is 23.8 Å². The van der Waals surface area contributed by atoms with E-state index in [2.05, 4.69) is 19.9 Å². The zero-order valence-electron chi connectivity index (χ0n) is 16.1. The van der Waals surface area contributed by atoms with Gasteiger partial charge in [-0.1, -0.05) is 35.3 Å². The third-order valence-electron chi connectivity index (χ3n) is 4.54. The van der Waals surface area contributed by atoms with Crippen LogP contribution in [0, 0.1) is 0 Å². The summed E-state index contributed by atoms with van der Waals surface area (Å²) >= 11 is 12.0. The molecule has 1 aliphatic rings. The Bertz CT molecular complexity index is 999. The Balaban J connectivity index is 1.44. The second kappa shape index (κ2) is 9.93. The fourth-order valence-electron chi connectivity index (χ4n) is 3.04. The van der Waals surface area contributed by atoms with Crippen LogP contribution in [0.25, 0.3) is 0 Å². The van der Waals surface area contributed by atoms with Crippen LogP contribution in [0.2, 0.25) is 10.0 Å². The molecule has 4 rings (SSSR count). The van der Waals surface area contributed by atoms with Crippen molar-refractivity contribution in [3.05, 3.63) is 70.1 Å². The summed E-state index contributed by atoms with van der Waals surface area (Å²) in [5.41, 5.74) is 1.82. The molecule has 0 N–H and O–H groups in total. The van der Waals surface area contributed by atoms with Crippen molar-refractivity contribution >= 4 is 29.0 Å². The lowest BCUT2D eigenvalue weighted by molar-refractivity contribution is 0.122. The third-order valence-corrected chi connectivity index (χ3v) is 5.27. The standard InChI is InChI=1S/C21H20Cl2N4O3/c22-17-4-3-15(12-18(17)23)13-29-20-21(26-7-6-25-20)30-14-16-2-1-5-24-19(16)27-8-10-28-11-9-27/h1-7,12H,8-11,13-14H2. The lowest BCUT2D eigenvalue weighted by Gasteiger charge is -2.29. The first-order valence-corrected chi connectivity index (χ1v) is 10.2. The maximum atomic E-state index is 6.07. The molecule has 3 aromatic rings. The molecule has 7 nitrogen and oxygen atoms in total. The highest BCUT2D eigenvalue weighted by molar-refractivity contribution is 6.42. The number of hydrogen-bond acceptors (Lipinski definition) is 7. The molecule has 0 atom stereocenters. The van der Waals surface area contributed by atoms with Crippen LogP contribution >= 0.6 is 23.2 Å². The van der Waals surface area contributed by atoms with Gasteiger partial charge in [0.05, 0.1) is 23.3 Å². The summed E-state index contributed by atoms with van der Waals surface area (Å²) in [6.45, 7) is 3.53. The fraction of sp³-hybridized carbons (Fsp3) is 0.286. The summed E-state index contributed by atoms with van der Waals surface area (Å²) in [6.07, 6.45) is 4.90. The molecule has 0 aliphatic carbocycles. The highest BCUT2D eigenvalue weighted by atomic mass is 35.5. The number of rotatable bonds is 7. The van der Waals surface area contributed by atoms with E-state index in [1.54, 1.807) is 30.7 Å². The first kappa shape index (κ1) is 20.7. The minimum Gasteiger partial charge on any atom is -0.469 e. The molecule has 3 heterocycles. The lowest BCUT2D eigenvalue weighted by atomic mass is 10.2. The van der Waals surface area contributed by atoms with E-state index in [4.69, 9.17) is 37.4 Å². The number of nitrogens with zero attached hydrogens (tertiary/aromatic N) is 4. The second-order valence-electron chi connectivity index (χ2n) is 6.58. The van der Waals surface area contributed by atoms with Crippen LogP contribution in [-0.2, 0) is 18.0 Å². The topological polar surface area (TPSA) is 69.6 Å². The average Bonchev–Trinajstić information content (AvgIpc) is 2.80. The van der Waals surface area contributed by atoms with Gasteiger partial charge in [-0.15, -0.1) is 0 Å². The van der Waals surface area contributed by atoms with Gasteiger partial charge in [-0.25, -0.2) is 15.0 Å². The molecule has 2 aromatic heterocycles. The number of halogens is 2. The van der Waals surface area contributed by atoms with Gasteiger partial charge in [-0.3, -0.25) is 0 Å². The monoisotopic (exact) mass is 446 g/mol. The predicted octanol–water partition coefficient (Wildman–Crippen LogP) is 4.17. The van der Waals surface area contributed by atoms with Gasteiger partial charge in [0.1, 0.15) is 19.0 Å². The minimum absolute atomic E-state index is 0.262. The molecule has 9 heteroatoms. The van der Waals surface area contributed by atoms with E-state index in [-0.39, 0.29) is 6.61 Å². The van der Waals surface area contributed by atoms with Crippen LogP contribution < -0.4 is 14.4 Å². The molecule has 1 saturated heterocycles. The van der Waals surface area contributed by atoms with Crippen LogP contribution in [0.1, 0.15) is 11.1 Å². The highest BCUT2D eigenvalue weighted by Gasteiger charge is 2.17. The number of morpholine rings is 1. The summed E-state index contributed by atoms with van der Waals surface area (Å²) in [6, 6.07) is 9.21. The van der Waals surface area contributed by atoms with E-state index in [1.165, 1.54) is 0 Å². The lowest BCUT2D eigenvalue weighted by Crippen LogP contribution is -2.37. The van der Waals surface area contributed by atoms with Crippen molar-refractivity contribution in [2.75, 3.05) is 31.2 Å². The van der Waals surface area contributed by atoms with Gasteiger partial charge < -0.3 is 19.1 Å². The van der Waals surface area contributed by atoms with Crippen LogP contribution in [0.5, 0.6) is 11.8 Å². The molecular weight excluding hydrogens is 427 g/mol. The molecule has 0 radical (unpaired) electrons. The molecule has 1 fully saturated rings. The van der Waals surface area contributed by atoms with Crippen LogP contribution in [0.15, 0.2) is 48.9 Å². The number of aromatic nitrogens is 3. The van der Waals surface area contributed by atoms with Crippen molar-refractivity contribution in [2.24, 2.45) is 0 Å². The zero-order chi connectivity index (χ0) is 20.8. The van der Waals surface area contributed by atoms with Crippen molar-refractivity contribution in [3.8, 4) is 11.8 Å². The smallest absolute Gasteiger partial charge is 0.278 e. The Morgan fingerprint density at radius 3 is 2.33 bits per heavy atom. The van der Waals surface area contributed by atoms with E-state index in [1.807, 2.05) is 18.2 Å². The van der Waals surface area contributed by atoms with Crippen LogP contribution in [0.4, 0.5) is 5.82 Å². The van der Waals surface area contributed by atoms with Crippen molar-refractivity contribution in [1.29, 1.82) is 0 Å². The van der Waals surface area contributed by atoms with Crippen molar-refractivity contribution in [1.82, 2.24) is 15.0 Å². The summed E-state index contributed by atoms with van der Waals surface area (Å²) in [5, 5.41) is 0.970. The second-order valence-corrected chi connectivity index (χ2v) is 7.39. The Morgan fingerprint density at radius 1 is 0.867 bits per heavy atom. The van der Waals surface area contributed by atoms with Crippen molar-refractivity contribution in [2.45, 2.75) is 13.2 Å². The minimum atomic E-state index is 0.262. The molecule has 0 unspecified atom stereocenters. The van der Waals surface area contributed by atoms with E-state index < -0.39 is 0 Å². The van der Waals surface area contributed by atoms with E-state index >= 15 is 0 Å². The van der Waals surface area contributed by atoms with Crippen LogP contribution in [0.3, 0.4) is 0 Å². The number of anilines is 1. The molecule has 30 heavy (non-hydrogen) atoms. The van der Waals surface area contributed by atoms with Crippen molar-refractivity contribution < 1.29 is 14.2 Å². The van der Waals surface area contributed by atoms with Gasteiger partial charge in [-0.2, -0.15) is 0 Å². The van der Waals surface area contributed by atoms with E-state index in [0.29, 0.717) is 41.6 Å². The number of ether oxygens (including phenoxy) is 3. The maximum absolute atomic E-state index is 6.07. The van der Waals surface area contributed by atoms with Gasteiger partial charge in [0.15, 0.2) is 0 Å². The average molecular weight is 447 g/mol. The summed E-state index contributed by atoms with van der Waals surface area (Å²) < 4.78 is 17.2. The highest BCUT2D eigenvalue weighted by Crippen LogP contribution is 2.27. The molecule has 1 aliphatic heterocycles. The SMILES string of the molecule is Clc1ccc(COc2nccnc2OCc2cccnc2N2CCOCC2)cc1Cl. The van der Waals surface area contributed by atoms with Crippen LogP contribution in [-0.4, -0.2) is 41.3 Å². The maximum Gasteiger partial charge on any atom is 0.278 e. The first-order chi connectivity index (χ1) is 14.7. The summed E-state index contributed by atoms with van der Waals surface area (Å²) in [4.78, 5) is 15.2. The number of benzene rings is 1. The van der Waals surface area contributed by atoms with Gasteiger partial charge in [0.2, 0.25) is 0 Å². The Kier molecular flexibility index (Phi) is 6.84. The molecule has 0 spiro atoms. The molecule has 0 bridgehead atoms. The van der Waals surface area contributed by atoms with Gasteiger partial charge in [0.25, 0.3) is 11.8 Å². The summed E-state index contributed by atoms with van der Waals surface area (Å²) in [7, 11) is 0. The first-order valence-electron chi connectivity index (χ1n) is 9.48. The zero-order valence-corrected chi connectivity index (χ0v) is 17.6. The normalized spacial score (nSPS) is 13.9. The molecule has 0 amide bonds. The van der Waals surface area contributed by atoms with E-state index in [0.717, 1.165) is 30.0 Å². The van der Waals surface area contributed by atoms with E-state index in [9.17, 15) is 0 Å². The molecule has 156 valence electrons. The third kappa shape index (κ3) is 5.11. The summed E-state index contributed by atoms with van der Waals surface area (Å²) in [5.74, 6) is 1.51.